The van der Waals surface area contributed by atoms with Crippen LogP contribution in [0.5, 0.6) is 0 Å². The lowest BCUT2D eigenvalue weighted by atomic mass is 10.2. The zero-order chi connectivity index (χ0) is 10.4. The van der Waals surface area contributed by atoms with E-state index in [4.69, 9.17) is 9.84 Å². The summed E-state index contributed by atoms with van der Waals surface area (Å²) >= 11 is 0. The van der Waals surface area contributed by atoms with E-state index in [-0.39, 0.29) is 12.6 Å². The molecule has 1 rings (SSSR count). The van der Waals surface area contributed by atoms with Crippen molar-refractivity contribution in [3.8, 4) is 0 Å². The largest absolute Gasteiger partial charge is 0.452 e. The third-order valence-electron chi connectivity index (χ3n) is 2.06. The fourth-order valence-corrected chi connectivity index (χ4v) is 1.25. The monoisotopic (exact) mass is 196 g/mol. The molecular weight excluding hydrogens is 180 g/mol. The molecule has 3 heteroatoms. The first kappa shape index (κ1) is 11.0. The Bertz CT molecular complexity index is 253. The van der Waals surface area contributed by atoms with E-state index in [2.05, 4.69) is 6.92 Å². The summed E-state index contributed by atoms with van der Waals surface area (Å²) < 4.78 is 4.85. The summed E-state index contributed by atoms with van der Waals surface area (Å²) in [6.07, 6.45) is 8.20. The normalized spacial score (nSPS) is 21.4. The van der Waals surface area contributed by atoms with Gasteiger partial charge in [-0.15, -0.1) is 0 Å². The Morgan fingerprint density at radius 1 is 1.64 bits per heavy atom. The molecule has 0 radical (unpaired) electrons. The van der Waals surface area contributed by atoms with E-state index >= 15 is 0 Å². The van der Waals surface area contributed by atoms with E-state index in [1.165, 1.54) is 0 Å². The lowest BCUT2D eigenvalue weighted by Gasteiger charge is -2.00. The number of ether oxygens (including phenoxy) is 1. The molecule has 1 aliphatic rings. The second-order valence-electron chi connectivity index (χ2n) is 3.29. The average molecular weight is 196 g/mol. The van der Waals surface area contributed by atoms with Crippen molar-refractivity contribution in [3.05, 3.63) is 23.8 Å². The molecule has 0 aromatic heterocycles. The molecule has 1 aliphatic heterocycles. The minimum atomic E-state index is -0.451. The fourth-order valence-electron chi connectivity index (χ4n) is 1.25. The average Bonchev–Trinajstić information content (AvgIpc) is 2.54. The summed E-state index contributed by atoms with van der Waals surface area (Å²) in [6.45, 7) is 1.98. The number of aliphatic hydroxyl groups is 1. The van der Waals surface area contributed by atoms with Crippen molar-refractivity contribution in [3.63, 3.8) is 0 Å². The number of rotatable bonds is 5. The van der Waals surface area contributed by atoms with Gasteiger partial charge in [0, 0.05) is 0 Å². The van der Waals surface area contributed by atoms with E-state index in [0.717, 1.165) is 19.3 Å². The van der Waals surface area contributed by atoms with Crippen molar-refractivity contribution < 1.29 is 14.6 Å². The number of carbonyl (C=O) groups is 1. The molecule has 1 N–H and O–H groups in total. The lowest BCUT2D eigenvalue weighted by Crippen LogP contribution is -2.11. The van der Waals surface area contributed by atoms with Crippen LogP contribution in [0.25, 0.3) is 0 Å². The van der Waals surface area contributed by atoms with Crippen LogP contribution in [0.3, 0.4) is 0 Å². The maximum absolute atomic E-state index is 11.2. The number of esters is 1. The van der Waals surface area contributed by atoms with E-state index in [1.807, 2.05) is 6.08 Å². The van der Waals surface area contributed by atoms with Crippen LogP contribution in [-0.4, -0.2) is 23.8 Å². The molecule has 0 aliphatic carbocycles. The molecule has 1 atom stereocenters. The second kappa shape index (κ2) is 5.60. The van der Waals surface area contributed by atoms with Crippen LogP contribution in [0, 0.1) is 0 Å². The van der Waals surface area contributed by atoms with Gasteiger partial charge in [0.1, 0.15) is 6.10 Å². The molecule has 3 nitrogen and oxygen atoms in total. The Kier molecular flexibility index (Phi) is 4.40. The van der Waals surface area contributed by atoms with Gasteiger partial charge < -0.3 is 9.84 Å². The molecule has 0 aromatic carbocycles. The highest BCUT2D eigenvalue weighted by Crippen LogP contribution is 2.14. The molecule has 1 heterocycles. The smallest absolute Gasteiger partial charge is 0.338 e. The highest BCUT2D eigenvalue weighted by Gasteiger charge is 2.22. The molecule has 0 fully saturated rings. The quantitative estimate of drug-likeness (QED) is 0.536. The van der Waals surface area contributed by atoms with Crippen LogP contribution in [0.1, 0.15) is 26.2 Å². The van der Waals surface area contributed by atoms with Gasteiger partial charge in [-0.05, 0) is 12.5 Å². The van der Waals surface area contributed by atoms with Crippen LogP contribution in [0.15, 0.2) is 23.8 Å². The maximum Gasteiger partial charge on any atom is 0.338 e. The van der Waals surface area contributed by atoms with Crippen molar-refractivity contribution >= 4 is 5.97 Å². The Hall–Kier alpha value is -1.09. The molecule has 0 spiro atoms. The minimum absolute atomic E-state index is 0.141. The Morgan fingerprint density at radius 3 is 3.00 bits per heavy atom. The van der Waals surface area contributed by atoms with Crippen LogP contribution < -0.4 is 0 Å². The van der Waals surface area contributed by atoms with Gasteiger partial charge in [-0.3, -0.25) is 0 Å². The second-order valence-corrected chi connectivity index (χ2v) is 3.29. The van der Waals surface area contributed by atoms with Gasteiger partial charge in [0.2, 0.25) is 0 Å². The number of carbonyl (C=O) groups excluding carboxylic acids is 1. The number of hydrogen-bond donors (Lipinski definition) is 1. The lowest BCUT2D eigenvalue weighted by molar-refractivity contribution is -0.140. The standard InChI is InChI=1S/C11H16O3/c1-2-3-4-5-6-9-7-10(8-12)14-11(9)13/h5-7,10,12H,2-4,8H2,1H3/b6-5+/t10-/m0/s1. The predicted octanol–water partition coefficient (Wildman–Crippen LogP) is 1.58. The number of aliphatic hydroxyl groups excluding tert-OH is 1. The number of hydrogen-bond acceptors (Lipinski definition) is 3. The molecule has 0 aromatic rings. The Balaban J connectivity index is 2.43. The van der Waals surface area contributed by atoms with Gasteiger partial charge in [0.25, 0.3) is 0 Å². The highest BCUT2D eigenvalue weighted by atomic mass is 16.6. The summed E-state index contributed by atoms with van der Waals surface area (Å²) in [5, 5.41) is 8.77. The van der Waals surface area contributed by atoms with E-state index in [1.54, 1.807) is 12.2 Å². The molecular formula is C11H16O3. The third-order valence-corrected chi connectivity index (χ3v) is 2.06. The van der Waals surface area contributed by atoms with Gasteiger partial charge in [-0.2, -0.15) is 0 Å². The van der Waals surface area contributed by atoms with Crippen LogP contribution in [-0.2, 0) is 9.53 Å². The van der Waals surface area contributed by atoms with Gasteiger partial charge in [0.15, 0.2) is 0 Å². The first-order valence-electron chi connectivity index (χ1n) is 4.98. The maximum atomic E-state index is 11.2. The molecule has 0 amide bonds. The van der Waals surface area contributed by atoms with Gasteiger partial charge >= 0.3 is 5.97 Å². The van der Waals surface area contributed by atoms with Crippen molar-refractivity contribution in [1.29, 1.82) is 0 Å². The molecule has 0 unspecified atom stereocenters. The van der Waals surface area contributed by atoms with Crippen LogP contribution in [0.2, 0.25) is 0 Å². The van der Waals surface area contributed by atoms with Gasteiger partial charge in [-0.1, -0.05) is 31.9 Å². The topological polar surface area (TPSA) is 46.5 Å². The zero-order valence-corrected chi connectivity index (χ0v) is 8.40. The van der Waals surface area contributed by atoms with E-state index < -0.39 is 6.10 Å². The van der Waals surface area contributed by atoms with Crippen molar-refractivity contribution in [1.82, 2.24) is 0 Å². The first-order chi connectivity index (χ1) is 6.77. The van der Waals surface area contributed by atoms with E-state index in [0.29, 0.717) is 5.57 Å². The van der Waals surface area contributed by atoms with Gasteiger partial charge in [0.05, 0.1) is 12.2 Å². The molecule has 14 heavy (non-hydrogen) atoms. The molecule has 0 saturated carbocycles. The Labute approximate surface area is 84.1 Å². The predicted molar refractivity (Wildman–Crippen MR) is 53.7 cm³/mol. The summed E-state index contributed by atoms with van der Waals surface area (Å²) in [5.41, 5.74) is 0.556. The molecule has 0 bridgehead atoms. The van der Waals surface area contributed by atoms with Crippen LogP contribution in [0.4, 0.5) is 0 Å². The Morgan fingerprint density at radius 2 is 2.43 bits per heavy atom. The number of cyclic esters (lactones) is 1. The number of allylic oxidation sites excluding steroid dienone is 1. The first-order valence-corrected chi connectivity index (χ1v) is 4.98. The van der Waals surface area contributed by atoms with Crippen molar-refractivity contribution in [2.24, 2.45) is 0 Å². The van der Waals surface area contributed by atoms with Crippen molar-refractivity contribution in [2.75, 3.05) is 6.61 Å². The summed E-state index contributed by atoms with van der Waals surface area (Å²) in [4.78, 5) is 11.2. The van der Waals surface area contributed by atoms with Gasteiger partial charge in [-0.25, -0.2) is 4.79 Å². The fraction of sp³-hybridized carbons (Fsp3) is 0.545. The minimum Gasteiger partial charge on any atom is -0.452 e. The summed E-state index contributed by atoms with van der Waals surface area (Å²) in [6, 6.07) is 0. The number of unbranched alkanes of at least 4 members (excludes halogenated alkanes) is 2. The SMILES string of the molecule is CCCC/C=C/C1=C[C@@H](CO)OC1=O. The van der Waals surface area contributed by atoms with Crippen LogP contribution >= 0.6 is 0 Å². The van der Waals surface area contributed by atoms with Crippen molar-refractivity contribution in [2.45, 2.75) is 32.3 Å². The molecule has 0 saturated heterocycles. The van der Waals surface area contributed by atoms with E-state index in [9.17, 15) is 4.79 Å². The highest BCUT2D eigenvalue weighted by molar-refractivity contribution is 5.93. The zero-order valence-electron chi connectivity index (χ0n) is 8.40. The third kappa shape index (κ3) is 3.00. The summed E-state index contributed by atoms with van der Waals surface area (Å²) in [5.74, 6) is -0.336. The summed E-state index contributed by atoms with van der Waals surface area (Å²) in [7, 11) is 0. The molecule has 78 valence electrons.